The standard InChI is InChI=1S/C10H12Cl2N2O/c1-6(5-13)14-10(15)8-3-2-7(11)4-9(8)12/h2-4,6H,5,13H2,1H3,(H,14,15). The van der Waals surface area contributed by atoms with Crippen molar-refractivity contribution in [2.24, 2.45) is 5.73 Å². The van der Waals surface area contributed by atoms with Gasteiger partial charge < -0.3 is 11.1 Å². The predicted octanol–water partition coefficient (Wildman–Crippen LogP) is 2.07. The third-order valence-electron chi connectivity index (χ3n) is 1.91. The van der Waals surface area contributed by atoms with Crippen LogP contribution in [0.5, 0.6) is 0 Å². The van der Waals surface area contributed by atoms with E-state index in [9.17, 15) is 4.79 Å². The predicted molar refractivity (Wildman–Crippen MR) is 62.4 cm³/mol. The molecule has 0 fully saturated rings. The summed E-state index contributed by atoms with van der Waals surface area (Å²) in [6, 6.07) is 4.66. The average Bonchev–Trinajstić information content (AvgIpc) is 2.17. The fourth-order valence-corrected chi connectivity index (χ4v) is 1.53. The molecule has 1 atom stereocenters. The zero-order valence-electron chi connectivity index (χ0n) is 8.26. The van der Waals surface area contributed by atoms with E-state index in [0.717, 1.165) is 0 Å². The molecule has 0 spiro atoms. The second-order valence-corrected chi connectivity index (χ2v) is 4.08. The van der Waals surface area contributed by atoms with Crippen molar-refractivity contribution in [3.8, 4) is 0 Å². The lowest BCUT2D eigenvalue weighted by atomic mass is 10.2. The summed E-state index contributed by atoms with van der Waals surface area (Å²) in [7, 11) is 0. The summed E-state index contributed by atoms with van der Waals surface area (Å²) in [5.41, 5.74) is 5.80. The minimum atomic E-state index is -0.241. The van der Waals surface area contributed by atoms with Crippen molar-refractivity contribution in [3.63, 3.8) is 0 Å². The summed E-state index contributed by atoms with van der Waals surface area (Å²) in [5.74, 6) is -0.241. The van der Waals surface area contributed by atoms with Crippen molar-refractivity contribution in [1.82, 2.24) is 5.32 Å². The van der Waals surface area contributed by atoms with Crippen molar-refractivity contribution >= 4 is 29.1 Å². The smallest absolute Gasteiger partial charge is 0.253 e. The summed E-state index contributed by atoms with van der Waals surface area (Å²) in [6.45, 7) is 2.21. The molecule has 0 saturated heterocycles. The molecule has 82 valence electrons. The highest BCUT2D eigenvalue weighted by Gasteiger charge is 2.12. The molecule has 1 rings (SSSR count). The van der Waals surface area contributed by atoms with E-state index in [2.05, 4.69) is 5.32 Å². The van der Waals surface area contributed by atoms with Gasteiger partial charge in [0.1, 0.15) is 0 Å². The summed E-state index contributed by atoms with van der Waals surface area (Å²) < 4.78 is 0. The molecule has 0 aliphatic carbocycles. The van der Waals surface area contributed by atoms with Gasteiger partial charge in [-0.05, 0) is 25.1 Å². The van der Waals surface area contributed by atoms with Gasteiger partial charge in [0.05, 0.1) is 10.6 Å². The van der Waals surface area contributed by atoms with Crippen LogP contribution in [0.3, 0.4) is 0 Å². The highest BCUT2D eigenvalue weighted by Crippen LogP contribution is 2.20. The van der Waals surface area contributed by atoms with Gasteiger partial charge >= 0.3 is 0 Å². The molecule has 1 unspecified atom stereocenters. The van der Waals surface area contributed by atoms with Crippen LogP contribution in [0.2, 0.25) is 10.0 Å². The molecule has 15 heavy (non-hydrogen) atoms. The van der Waals surface area contributed by atoms with Crippen LogP contribution in [0.4, 0.5) is 0 Å². The Bertz CT molecular complexity index is 368. The second-order valence-electron chi connectivity index (χ2n) is 3.23. The number of carbonyl (C=O) groups excluding carboxylic acids is 1. The highest BCUT2D eigenvalue weighted by atomic mass is 35.5. The molecule has 3 nitrogen and oxygen atoms in total. The lowest BCUT2D eigenvalue weighted by molar-refractivity contribution is 0.0941. The minimum absolute atomic E-state index is 0.0794. The van der Waals surface area contributed by atoms with Crippen LogP contribution in [-0.2, 0) is 0 Å². The molecule has 0 radical (unpaired) electrons. The van der Waals surface area contributed by atoms with Gasteiger partial charge in [-0.1, -0.05) is 23.2 Å². The highest BCUT2D eigenvalue weighted by molar-refractivity contribution is 6.36. The first kappa shape index (κ1) is 12.3. The van der Waals surface area contributed by atoms with E-state index in [4.69, 9.17) is 28.9 Å². The fraction of sp³-hybridized carbons (Fsp3) is 0.300. The van der Waals surface area contributed by atoms with Gasteiger partial charge in [-0.3, -0.25) is 4.79 Å². The maximum atomic E-state index is 11.7. The lowest BCUT2D eigenvalue weighted by Gasteiger charge is -2.12. The second kappa shape index (κ2) is 5.35. The Morgan fingerprint density at radius 2 is 2.20 bits per heavy atom. The number of carbonyl (C=O) groups is 1. The number of hydrogen-bond acceptors (Lipinski definition) is 2. The number of benzene rings is 1. The third-order valence-corrected chi connectivity index (χ3v) is 2.45. The lowest BCUT2D eigenvalue weighted by Crippen LogP contribution is -2.37. The Morgan fingerprint density at radius 1 is 1.53 bits per heavy atom. The fourth-order valence-electron chi connectivity index (χ4n) is 1.03. The molecule has 0 bridgehead atoms. The van der Waals surface area contributed by atoms with E-state index in [1.807, 2.05) is 6.92 Å². The molecule has 3 N–H and O–H groups in total. The van der Waals surface area contributed by atoms with E-state index >= 15 is 0 Å². The number of nitrogens with two attached hydrogens (primary N) is 1. The van der Waals surface area contributed by atoms with Crippen LogP contribution in [0.1, 0.15) is 17.3 Å². The van der Waals surface area contributed by atoms with Crippen LogP contribution in [-0.4, -0.2) is 18.5 Å². The van der Waals surface area contributed by atoms with Gasteiger partial charge in [-0.15, -0.1) is 0 Å². The minimum Gasteiger partial charge on any atom is -0.348 e. The summed E-state index contributed by atoms with van der Waals surface area (Å²) >= 11 is 11.6. The van der Waals surface area contributed by atoms with E-state index < -0.39 is 0 Å². The molecule has 1 aromatic rings. The Morgan fingerprint density at radius 3 is 2.73 bits per heavy atom. The number of nitrogens with one attached hydrogen (secondary N) is 1. The number of halogens is 2. The van der Waals surface area contributed by atoms with Crippen LogP contribution < -0.4 is 11.1 Å². The SMILES string of the molecule is CC(CN)NC(=O)c1ccc(Cl)cc1Cl. The van der Waals surface area contributed by atoms with Crippen molar-refractivity contribution in [2.75, 3.05) is 6.54 Å². The van der Waals surface area contributed by atoms with Gasteiger partial charge in [0, 0.05) is 17.6 Å². The molecule has 0 aliphatic heterocycles. The first-order chi connectivity index (χ1) is 7.04. The Balaban J connectivity index is 2.82. The van der Waals surface area contributed by atoms with Crippen LogP contribution in [0.15, 0.2) is 18.2 Å². The Kier molecular flexibility index (Phi) is 4.39. The first-order valence-electron chi connectivity index (χ1n) is 4.50. The molecule has 0 heterocycles. The van der Waals surface area contributed by atoms with Crippen LogP contribution >= 0.6 is 23.2 Å². The number of hydrogen-bond donors (Lipinski definition) is 2. The zero-order chi connectivity index (χ0) is 11.4. The van der Waals surface area contributed by atoms with Gasteiger partial charge in [-0.25, -0.2) is 0 Å². The third kappa shape index (κ3) is 3.38. The average molecular weight is 247 g/mol. The van der Waals surface area contributed by atoms with Gasteiger partial charge in [-0.2, -0.15) is 0 Å². The van der Waals surface area contributed by atoms with Crippen molar-refractivity contribution in [2.45, 2.75) is 13.0 Å². The van der Waals surface area contributed by atoms with Gasteiger partial charge in [0.2, 0.25) is 0 Å². The van der Waals surface area contributed by atoms with Crippen LogP contribution in [0.25, 0.3) is 0 Å². The molecule has 0 aliphatic rings. The summed E-state index contributed by atoms with van der Waals surface area (Å²) in [5, 5.41) is 3.56. The monoisotopic (exact) mass is 246 g/mol. The molecular weight excluding hydrogens is 235 g/mol. The van der Waals surface area contributed by atoms with E-state index in [1.165, 1.54) is 6.07 Å². The van der Waals surface area contributed by atoms with Crippen molar-refractivity contribution in [3.05, 3.63) is 33.8 Å². The summed E-state index contributed by atoms with van der Waals surface area (Å²) in [6.07, 6.45) is 0. The Labute approximate surface area is 98.5 Å². The van der Waals surface area contributed by atoms with Crippen LogP contribution in [0, 0.1) is 0 Å². The molecule has 5 heteroatoms. The topological polar surface area (TPSA) is 55.1 Å². The number of amides is 1. The van der Waals surface area contributed by atoms with E-state index in [0.29, 0.717) is 22.2 Å². The number of rotatable bonds is 3. The van der Waals surface area contributed by atoms with E-state index in [1.54, 1.807) is 12.1 Å². The zero-order valence-corrected chi connectivity index (χ0v) is 9.77. The molecule has 0 saturated carbocycles. The largest absolute Gasteiger partial charge is 0.348 e. The van der Waals surface area contributed by atoms with Gasteiger partial charge in [0.25, 0.3) is 5.91 Å². The Hall–Kier alpha value is -0.770. The van der Waals surface area contributed by atoms with Gasteiger partial charge in [0.15, 0.2) is 0 Å². The molecular formula is C10H12Cl2N2O. The van der Waals surface area contributed by atoms with Crippen molar-refractivity contribution < 1.29 is 4.79 Å². The van der Waals surface area contributed by atoms with E-state index in [-0.39, 0.29) is 11.9 Å². The first-order valence-corrected chi connectivity index (χ1v) is 5.26. The normalized spacial score (nSPS) is 12.3. The van der Waals surface area contributed by atoms with Crippen molar-refractivity contribution in [1.29, 1.82) is 0 Å². The molecule has 1 aromatic carbocycles. The maximum Gasteiger partial charge on any atom is 0.253 e. The molecule has 0 aromatic heterocycles. The summed E-state index contributed by atoms with van der Waals surface area (Å²) in [4.78, 5) is 11.7. The quantitative estimate of drug-likeness (QED) is 0.859. The maximum absolute atomic E-state index is 11.7. The molecule has 1 amide bonds.